The number of halogens is 2. The highest BCUT2D eigenvalue weighted by atomic mass is 35.5. The molecule has 1 amide bonds. The number of nitrogens with one attached hydrogen (secondary N) is 1. The number of nitrogens with zero attached hydrogens (tertiary/aromatic N) is 6. The zero-order chi connectivity index (χ0) is 27.0. The van der Waals surface area contributed by atoms with Crippen LogP contribution < -0.4 is 9.64 Å². The maximum Gasteiger partial charge on any atom is 0.246 e. The number of aromatic nitrogens is 4. The van der Waals surface area contributed by atoms with Gasteiger partial charge in [0.05, 0.1) is 29.2 Å². The molecule has 0 radical (unpaired) electrons. The molecular formula is C27H29ClFN7O2. The van der Waals surface area contributed by atoms with Crippen LogP contribution in [0.4, 0.5) is 10.2 Å². The Bertz CT molecular complexity index is 1540. The maximum absolute atomic E-state index is 16.3. The van der Waals surface area contributed by atoms with Gasteiger partial charge in [0.25, 0.3) is 0 Å². The van der Waals surface area contributed by atoms with Crippen LogP contribution in [-0.4, -0.2) is 89.8 Å². The van der Waals surface area contributed by atoms with E-state index in [9.17, 15) is 4.79 Å². The number of rotatable bonds is 6. The normalized spacial score (nSPS) is 14.4. The van der Waals surface area contributed by atoms with Crippen molar-refractivity contribution in [1.82, 2.24) is 30.0 Å². The van der Waals surface area contributed by atoms with Crippen LogP contribution in [0.3, 0.4) is 0 Å². The first kappa shape index (κ1) is 25.9. The topological polar surface area (TPSA) is 90.5 Å². The number of hydrogen-bond donors (Lipinski definition) is 1. The molecule has 0 aliphatic carbocycles. The van der Waals surface area contributed by atoms with Crippen molar-refractivity contribution in [3.05, 3.63) is 53.2 Å². The van der Waals surface area contributed by atoms with E-state index in [0.717, 1.165) is 16.5 Å². The number of likely N-dealkylation sites (N-methyl/N-ethyl adjacent to an activating group) is 1. The molecule has 4 aromatic rings. The van der Waals surface area contributed by atoms with E-state index in [2.05, 4.69) is 20.2 Å². The van der Waals surface area contributed by atoms with E-state index in [1.807, 2.05) is 49.0 Å². The molecule has 1 saturated heterocycles. The molecule has 0 spiro atoms. The first-order valence-corrected chi connectivity index (χ1v) is 12.7. The Morgan fingerprint density at radius 2 is 1.97 bits per heavy atom. The van der Waals surface area contributed by atoms with E-state index >= 15 is 4.39 Å². The molecular weight excluding hydrogens is 509 g/mol. The predicted molar refractivity (Wildman–Crippen MR) is 147 cm³/mol. The molecule has 0 unspecified atom stereocenters. The lowest BCUT2D eigenvalue weighted by atomic mass is 9.94. The fraction of sp³-hybridized carbons (Fsp3) is 0.333. The Morgan fingerprint density at radius 1 is 1.21 bits per heavy atom. The first-order valence-electron chi connectivity index (χ1n) is 12.3. The van der Waals surface area contributed by atoms with E-state index in [-0.39, 0.29) is 22.0 Å². The Morgan fingerprint density at radius 3 is 2.68 bits per heavy atom. The van der Waals surface area contributed by atoms with Crippen LogP contribution in [0, 0.1) is 12.7 Å². The summed E-state index contributed by atoms with van der Waals surface area (Å²) in [5, 5.41) is 8.35. The number of carbonyl (C=O) groups excluding carboxylic acids is 1. The second kappa shape index (κ2) is 10.5. The Balaban J connectivity index is 1.54. The predicted octanol–water partition coefficient (Wildman–Crippen LogP) is 4.05. The van der Waals surface area contributed by atoms with Crippen molar-refractivity contribution in [2.24, 2.45) is 0 Å². The van der Waals surface area contributed by atoms with Crippen LogP contribution in [-0.2, 0) is 4.79 Å². The van der Waals surface area contributed by atoms with Gasteiger partial charge in [-0.2, -0.15) is 5.10 Å². The molecule has 38 heavy (non-hydrogen) atoms. The van der Waals surface area contributed by atoms with Gasteiger partial charge >= 0.3 is 0 Å². The van der Waals surface area contributed by atoms with Crippen LogP contribution in [0.15, 0.2) is 36.8 Å². The molecule has 1 aliphatic rings. The number of anilines is 1. The third-order valence-electron chi connectivity index (χ3n) is 6.81. The van der Waals surface area contributed by atoms with Gasteiger partial charge in [0.15, 0.2) is 11.6 Å². The number of methoxy groups -OCH3 is 1. The minimum Gasteiger partial charge on any atom is -0.494 e. The summed E-state index contributed by atoms with van der Waals surface area (Å²) in [6.07, 6.45) is 6.47. The molecule has 9 nitrogen and oxygen atoms in total. The van der Waals surface area contributed by atoms with Gasteiger partial charge in [-0.3, -0.25) is 9.89 Å². The molecule has 1 N–H and O–H groups in total. The van der Waals surface area contributed by atoms with Gasteiger partial charge in [-0.05, 0) is 32.6 Å². The fourth-order valence-electron chi connectivity index (χ4n) is 4.91. The van der Waals surface area contributed by atoms with Gasteiger partial charge in [0.2, 0.25) is 5.91 Å². The summed E-state index contributed by atoms with van der Waals surface area (Å²) >= 11 is 6.88. The number of fused-ring (bicyclic) bond motifs is 2. The molecule has 1 fully saturated rings. The number of carbonyl (C=O) groups is 1. The van der Waals surface area contributed by atoms with Crippen molar-refractivity contribution in [1.29, 1.82) is 0 Å². The van der Waals surface area contributed by atoms with E-state index in [4.69, 9.17) is 16.3 Å². The van der Waals surface area contributed by atoms with Gasteiger partial charge < -0.3 is 19.4 Å². The van der Waals surface area contributed by atoms with Crippen LogP contribution in [0.2, 0.25) is 5.02 Å². The summed E-state index contributed by atoms with van der Waals surface area (Å²) in [4.78, 5) is 27.2. The molecule has 0 bridgehead atoms. The molecule has 11 heteroatoms. The van der Waals surface area contributed by atoms with Crippen molar-refractivity contribution in [2.45, 2.75) is 6.92 Å². The maximum atomic E-state index is 16.3. The Labute approximate surface area is 224 Å². The number of piperazine rings is 1. The molecule has 5 rings (SSSR count). The van der Waals surface area contributed by atoms with Crippen molar-refractivity contribution in [2.75, 3.05) is 58.8 Å². The Hall–Kier alpha value is -3.76. The zero-order valence-electron chi connectivity index (χ0n) is 21.8. The molecule has 2 aromatic carbocycles. The highest BCUT2D eigenvalue weighted by molar-refractivity contribution is 6.37. The zero-order valence-corrected chi connectivity index (χ0v) is 22.5. The number of benzene rings is 2. The van der Waals surface area contributed by atoms with Gasteiger partial charge in [-0.15, -0.1) is 0 Å². The van der Waals surface area contributed by atoms with E-state index in [1.165, 1.54) is 13.4 Å². The number of H-pyrrole nitrogens is 1. The minimum absolute atomic E-state index is 0.0286. The number of ether oxygens (including phenoxy) is 1. The average Bonchev–Trinajstić information content (AvgIpc) is 3.39. The number of aryl methyl sites for hydroxylation is 1. The van der Waals surface area contributed by atoms with Gasteiger partial charge in [-0.25, -0.2) is 14.4 Å². The SMILES string of the molecule is COc1c(Cl)c(-c2c(C)ccc3[nH]ncc23)c(F)c2ncnc(N3CCN(C(=O)/C=C/CN(C)C)CC3)c12. The molecule has 3 heterocycles. The van der Waals surface area contributed by atoms with Crippen LogP contribution >= 0.6 is 11.6 Å². The molecule has 0 saturated carbocycles. The van der Waals surface area contributed by atoms with Crippen molar-refractivity contribution in [3.8, 4) is 16.9 Å². The number of amides is 1. The largest absolute Gasteiger partial charge is 0.494 e. The van der Waals surface area contributed by atoms with E-state index in [1.54, 1.807) is 17.2 Å². The Kier molecular flexibility index (Phi) is 7.18. The summed E-state index contributed by atoms with van der Waals surface area (Å²) in [6, 6.07) is 3.79. The summed E-state index contributed by atoms with van der Waals surface area (Å²) in [6.45, 7) is 4.66. The molecule has 1 aliphatic heterocycles. The smallest absolute Gasteiger partial charge is 0.246 e. The van der Waals surface area contributed by atoms with E-state index in [0.29, 0.717) is 55.2 Å². The van der Waals surface area contributed by atoms with Gasteiger partial charge in [0.1, 0.15) is 17.7 Å². The van der Waals surface area contributed by atoms with Gasteiger partial charge in [-0.1, -0.05) is 23.7 Å². The second-order valence-corrected chi connectivity index (χ2v) is 9.90. The summed E-state index contributed by atoms with van der Waals surface area (Å²) in [5.74, 6) is 0.247. The van der Waals surface area contributed by atoms with Crippen LogP contribution in [0.25, 0.3) is 32.9 Å². The first-order chi connectivity index (χ1) is 18.3. The lowest BCUT2D eigenvalue weighted by molar-refractivity contribution is -0.126. The third kappa shape index (κ3) is 4.54. The summed E-state index contributed by atoms with van der Waals surface area (Å²) in [5.41, 5.74) is 2.58. The van der Waals surface area contributed by atoms with Crippen molar-refractivity contribution >= 4 is 45.1 Å². The highest BCUT2D eigenvalue weighted by Gasteiger charge is 2.29. The van der Waals surface area contributed by atoms with Crippen molar-refractivity contribution in [3.63, 3.8) is 0 Å². The third-order valence-corrected chi connectivity index (χ3v) is 7.17. The quantitative estimate of drug-likeness (QED) is 0.371. The van der Waals surface area contributed by atoms with Gasteiger partial charge in [0, 0.05) is 55.3 Å². The standard InChI is InChI=1S/C27H29ClFN7O2/c1-16-7-8-18-17(14-32-33-18)20(16)21-23(28)26(38-4)22-25(24(21)29)30-15-31-27(22)36-12-10-35(11-13-36)19(37)6-5-9-34(2)3/h5-8,14-15H,9-13H2,1-4H3,(H,32,33)/b6-5+. The number of hydrogen-bond acceptors (Lipinski definition) is 7. The summed E-state index contributed by atoms with van der Waals surface area (Å²) < 4.78 is 22.0. The molecule has 198 valence electrons. The summed E-state index contributed by atoms with van der Waals surface area (Å²) in [7, 11) is 5.40. The van der Waals surface area contributed by atoms with Crippen LogP contribution in [0.5, 0.6) is 5.75 Å². The highest BCUT2D eigenvalue weighted by Crippen LogP contribution is 2.47. The molecule has 2 aromatic heterocycles. The fourth-order valence-corrected chi connectivity index (χ4v) is 5.26. The van der Waals surface area contributed by atoms with Crippen molar-refractivity contribution < 1.29 is 13.9 Å². The average molecular weight is 538 g/mol. The second-order valence-electron chi connectivity index (χ2n) is 9.52. The lowest BCUT2D eigenvalue weighted by Gasteiger charge is -2.35. The number of aromatic amines is 1. The molecule has 0 atom stereocenters. The monoisotopic (exact) mass is 537 g/mol. The van der Waals surface area contributed by atoms with E-state index < -0.39 is 5.82 Å². The van der Waals surface area contributed by atoms with Crippen LogP contribution in [0.1, 0.15) is 5.56 Å². The minimum atomic E-state index is -0.550. The lowest BCUT2D eigenvalue weighted by Crippen LogP contribution is -2.48.